The number of benzene rings is 1. The Labute approximate surface area is 208 Å². The Morgan fingerprint density at radius 3 is 2.60 bits per heavy atom. The van der Waals surface area contributed by atoms with E-state index in [-0.39, 0.29) is 17.8 Å². The zero-order chi connectivity index (χ0) is 25.3. The first kappa shape index (κ1) is 25.2. The van der Waals surface area contributed by atoms with E-state index >= 15 is 0 Å². The van der Waals surface area contributed by atoms with Gasteiger partial charge in [0.1, 0.15) is 16.6 Å². The first-order valence-corrected chi connectivity index (χ1v) is 12.4. The minimum absolute atomic E-state index is 0.167. The number of nitrogens with zero attached hydrogens (tertiary/aromatic N) is 2. The topological polar surface area (TPSA) is 101 Å². The van der Waals surface area contributed by atoms with E-state index < -0.39 is 17.3 Å². The van der Waals surface area contributed by atoms with E-state index in [1.807, 2.05) is 18.2 Å². The third-order valence-electron chi connectivity index (χ3n) is 5.87. The molecule has 1 fully saturated rings. The molecule has 0 saturated carbocycles. The molecule has 3 heterocycles. The molecular weight excluding hydrogens is 467 g/mol. The van der Waals surface area contributed by atoms with Crippen LogP contribution in [0.1, 0.15) is 49.3 Å². The van der Waals surface area contributed by atoms with Crippen molar-refractivity contribution in [3.8, 4) is 10.4 Å². The molecule has 1 aliphatic rings. The lowest BCUT2D eigenvalue weighted by Crippen LogP contribution is -2.44. The van der Waals surface area contributed by atoms with Crippen molar-refractivity contribution < 1.29 is 19.0 Å². The van der Waals surface area contributed by atoms with E-state index in [2.05, 4.69) is 24.1 Å². The number of carbonyl (C=O) groups excluding carboxylic acids is 1. The lowest BCUT2D eigenvalue weighted by molar-refractivity contribution is -0.0707. The van der Waals surface area contributed by atoms with Gasteiger partial charge in [-0.2, -0.15) is 0 Å². The minimum atomic E-state index is -1.16. The van der Waals surface area contributed by atoms with Crippen LogP contribution in [-0.2, 0) is 16.9 Å². The average Bonchev–Trinajstić information content (AvgIpc) is 3.16. The van der Waals surface area contributed by atoms with Crippen molar-refractivity contribution in [2.45, 2.75) is 52.0 Å². The van der Waals surface area contributed by atoms with E-state index in [9.17, 15) is 14.3 Å². The predicted octanol–water partition coefficient (Wildman–Crippen LogP) is 4.63. The third kappa shape index (κ3) is 6.05. The number of pyridine rings is 1. The number of morpholine rings is 1. The first-order valence-electron chi connectivity index (χ1n) is 11.6. The zero-order valence-corrected chi connectivity index (χ0v) is 21.2. The summed E-state index contributed by atoms with van der Waals surface area (Å²) in [5.41, 5.74) is 6.41. The number of halogens is 1. The zero-order valence-electron chi connectivity index (χ0n) is 20.3. The Bertz CT molecular complexity index is 1210. The van der Waals surface area contributed by atoms with Crippen LogP contribution in [0, 0.1) is 5.82 Å². The van der Waals surface area contributed by atoms with Crippen molar-refractivity contribution in [1.29, 1.82) is 0 Å². The molecule has 35 heavy (non-hydrogen) atoms. The largest absolute Gasteiger partial charge is 0.386 e. The number of anilines is 2. The summed E-state index contributed by atoms with van der Waals surface area (Å²) in [6, 6.07) is 11.9. The highest BCUT2D eigenvalue weighted by molar-refractivity contribution is 7.19. The van der Waals surface area contributed by atoms with Gasteiger partial charge in [-0.15, -0.1) is 11.3 Å². The molecule has 186 valence electrons. The van der Waals surface area contributed by atoms with Crippen LogP contribution < -0.4 is 11.1 Å². The number of ether oxygens (including phenoxy) is 1. The van der Waals surface area contributed by atoms with Gasteiger partial charge in [0.15, 0.2) is 0 Å². The van der Waals surface area contributed by atoms with Crippen LogP contribution in [0.25, 0.3) is 10.4 Å². The van der Waals surface area contributed by atoms with Crippen molar-refractivity contribution in [3.63, 3.8) is 0 Å². The van der Waals surface area contributed by atoms with Gasteiger partial charge < -0.3 is 20.9 Å². The van der Waals surface area contributed by atoms with Gasteiger partial charge in [0, 0.05) is 30.1 Å². The van der Waals surface area contributed by atoms with Crippen molar-refractivity contribution in [1.82, 2.24) is 9.88 Å². The lowest BCUT2D eigenvalue weighted by Gasteiger charge is -2.35. The summed E-state index contributed by atoms with van der Waals surface area (Å²) in [4.78, 5) is 19.7. The van der Waals surface area contributed by atoms with Gasteiger partial charge in [-0.05, 0) is 57.5 Å². The van der Waals surface area contributed by atoms with Crippen LogP contribution in [-0.4, -0.2) is 46.2 Å². The standard InChI is InChI=1S/C26H31FN4O3S/c1-15-12-31(13-16(2)34-15)14-18-6-5-7-23(29-18)30-25-20(24(28)32)11-22(35-25)19-9-8-17(10-21(19)27)26(3,4)33/h5-11,15-16,33H,12-14H2,1-4H3,(H2,28,32)(H,29,30). The van der Waals surface area contributed by atoms with E-state index in [0.717, 1.165) is 18.8 Å². The minimum Gasteiger partial charge on any atom is -0.386 e. The quantitative estimate of drug-likeness (QED) is 0.439. The summed E-state index contributed by atoms with van der Waals surface area (Å²) in [6.45, 7) is 9.68. The summed E-state index contributed by atoms with van der Waals surface area (Å²) in [6.07, 6.45) is 0.335. The molecule has 0 aliphatic carbocycles. The van der Waals surface area contributed by atoms with Gasteiger partial charge in [0.2, 0.25) is 0 Å². The maximum atomic E-state index is 14.9. The molecule has 1 amide bonds. The monoisotopic (exact) mass is 498 g/mol. The van der Waals surface area contributed by atoms with Gasteiger partial charge in [-0.1, -0.05) is 18.2 Å². The molecule has 2 atom stereocenters. The van der Waals surface area contributed by atoms with Gasteiger partial charge in [0.05, 0.1) is 29.1 Å². The Hall–Kier alpha value is -2.85. The van der Waals surface area contributed by atoms with Gasteiger partial charge in [-0.3, -0.25) is 9.69 Å². The second-order valence-corrected chi connectivity index (χ2v) is 10.6. The normalized spacial score (nSPS) is 19.0. The highest BCUT2D eigenvalue weighted by atomic mass is 32.1. The Morgan fingerprint density at radius 2 is 1.97 bits per heavy atom. The SMILES string of the molecule is CC1CN(Cc2cccc(Nc3sc(-c4ccc(C(C)(C)O)cc4F)cc3C(N)=O)n2)CC(C)O1. The molecule has 1 aliphatic heterocycles. The highest BCUT2D eigenvalue weighted by Gasteiger charge is 2.23. The molecular formula is C26H31FN4O3S. The molecule has 4 rings (SSSR count). The fourth-order valence-electron chi connectivity index (χ4n) is 4.29. The number of aliphatic hydroxyl groups is 1. The number of carbonyl (C=O) groups is 1. The number of rotatable bonds is 7. The van der Waals surface area contributed by atoms with Crippen LogP contribution >= 0.6 is 11.3 Å². The molecule has 2 aromatic heterocycles. The van der Waals surface area contributed by atoms with Crippen LogP contribution in [0.15, 0.2) is 42.5 Å². The number of nitrogens with two attached hydrogens (primary N) is 1. The second kappa shape index (κ2) is 10.0. The van der Waals surface area contributed by atoms with E-state index in [4.69, 9.17) is 15.5 Å². The van der Waals surface area contributed by atoms with Crippen molar-refractivity contribution in [2.75, 3.05) is 18.4 Å². The molecule has 1 aromatic carbocycles. The number of aromatic nitrogens is 1. The number of thiophene rings is 1. The smallest absolute Gasteiger partial charge is 0.251 e. The molecule has 0 radical (unpaired) electrons. The van der Waals surface area contributed by atoms with E-state index in [0.29, 0.717) is 33.4 Å². The van der Waals surface area contributed by atoms with Crippen LogP contribution in [0.4, 0.5) is 15.2 Å². The third-order valence-corrected chi connectivity index (χ3v) is 6.95. The van der Waals surface area contributed by atoms with E-state index in [1.165, 1.54) is 17.4 Å². The Morgan fingerprint density at radius 1 is 1.26 bits per heavy atom. The first-order chi connectivity index (χ1) is 16.5. The van der Waals surface area contributed by atoms with Crippen molar-refractivity contribution >= 4 is 28.1 Å². The predicted molar refractivity (Wildman–Crippen MR) is 136 cm³/mol. The molecule has 2 unspecified atom stereocenters. The summed E-state index contributed by atoms with van der Waals surface area (Å²) in [5.74, 6) is -0.524. The number of primary amides is 1. The molecule has 3 aromatic rings. The number of amides is 1. The van der Waals surface area contributed by atoms with Gasteiger partial charge in [0.25, 0.3) is 5.91 Å². The van der Waals surface area contributed by atoms with Gasteiger partial charge in [-0.25, -0.2) is 9.37 Å². The Balaban J connectivity index is 1.57. The highest BCUT2D eigenvalue weighted by Crippen LogP contribution is 2.38. The average molecular weight is 499 g/mol. The maximum Gasteiger partial charge on any atom is 0.251 e. The van der Waals surface area contributed by atoms with Crippen LogP contribution in [0.2, 0.25) is 0 Å². The lowest BCUT2D eigenvalue weighted by atomic mass is 9.96. The number of nitrogens with one attached hydrogen (secondary N) is 1. The molecule has 1 saturated heterocycles. The molecule has 0 spiro atoms. The molecule has 7 nitrogen and oxygen atoms in total. The number of hydrogen-bond acceptors (Lipinski definition) is 7. The number of hydrogen-bond donors (Lipinski definition) is 3. The van der Waals surface area contributed by atoms with Crippen LogP contribution in [0.3, 0.4) is 0 Å². The fraction of sp³-hybridized carbons (Fsp3) is 0.385. The molecule has 0 bridgehead atoms. The van der Waals surface area contributed by atoms with Crippen molar-refractivity contribution in [2.24, 2.45) is 5.73 Å². The second-order valence-electron chi connectivity index (χ2n) is 9.56. The summed E-state index contributed by atoms with van der Waals surface area (Å²) in [7, 11) is 0. The van der Waals surface area contributed by atoms with Crippen LogP contribution in [0.5, 0.6) is 0 Å². The van der Waals surface area contributed by atoms with Gasteiger partial charge >= 0.3 is 0 Å². The molecule has 9 heteroatoms. The summed E-state index contributed by atoms with van der Waals surface area (Å²) >= 11 is 1.22. The summed E-state index contributed by atoms with van der Waals surface area (Å²) < 4.78 is 20.7. The maximum absolute atomic E-state index is 14.9. The molecule has 4 N–H and O–H groups in total. The van der Waals surface area contributed by atoms with E-state index in [1.54, 1.807) is 32.0 Å². The van der Waals surface area contributed by atoms with Crippen molar-refractivity contribution in [3.05, 3.63) is 65.1 Å². The summed E-state index contributed by atoms with van der Waals surface area (Å²) in [5, 5.41) is 13.9. The Kier molecular flexibility index (Phi) is 7.23. The fourth-order valence-corrected chi connectivity index (χ4v) is 5.39.